The molecule has 94 valence electrons. The highest BCUT2D eigenvalue weighted by Crippen LogP contribution is 2.30. The summed E-state index contributed by atoms with van der Waals surface area (Å²) < 4.78 is 0. The summed E-state index contributed by atoms with van der Waals surface area (Å²) >= 11 is 2.05. The molecular formula is C13H21N3S. The molecule has 0 aromatic carbocycles. The van der Waals surface area contributed by atoms with Crippen LogP contribution in [0.4, 0.5) is 5.82 Å². The number of aromatic nitrogens is 1. The third-order valence-corrected chi connectivity index (χ3v) is 4.25. The zero-order chi connectivity index (χ0) is 12.4. The predicted octanol–water partition coefficient (Wildman–Crippen LogP) is 2.43. The number of nitrogens with zero attached hydrogens (tertiary/aromatic N) is 2. The van der Waals surface area contributed by atoms with Gasteiger partial charge in [-0.25, -0.2) is 4.98 Å². The molecule has 3 nitrogen and oxygen atoms in total. The molecule has 1 aromatic rings. The maximum absolute atomic E-state index is 6.02. The SMILES string of the molecule is CC1CN(c2ncccc2[C@H](C)N)CC(C)S1. The summed E-state index contributed by atoms with van der Waals surface area (Å²) in [6, 6.07) is 4.09. The first kappa shape index (κ1) is 12.7. The zero-order valence-electron chi connectivity index (χ0n) is 10.8. The van der Waals surface area contributed by atoms with Crippen molar-refractivity contribution >= 4 is 17.6 Å². The second kappa shape index (κ2) is 5.27. The van der Waals surface area contributed by atoms with Crippen molar-refractivity contribution in [1.29, 1.82) is 0 Å². The van der Waals surface area contributed by atoms with Crippen LogP contribution in [0.1, 0.15) is 32.4 Å². The zero-order valence-corrected chi connectivity index (χ0v) is 11.6. The fraction of sp³-hybridized carbons (Fsp3) is 0.615. The van der Waals surface area contributed by atoms with E-state index in [4.69, 9.17) is 5.73 Å². The van der Waals surface area contributed by atoms with Crippen LogP contribution in [-0.4, -0.2) is 28.6 Å². The number of hydrogen-bond donors (Lipinski definition) is 1. The fourth-order valence-corrected chi connectivity index (χ4v) is 3.71. The van der Waals surface area contributed by atoms with Gasteiger partial charge in [0.15, 0.2) is 0 Å². The first-order valence-corrected chi connectivity index (χ1v) is 7.13. The fourth-order valence-electron chi connectivity index (χ4n) is 2.38. The summed E-state index contributed by atoms with van der Waals surface area (Å²) in [4.78, 5) is 6.91. The van der Waals surface area contributed by atoms with Crippen molar-refractivity contribution in [2.75, 3.05) is 18.0 Å². The molecule has 2 unspecified atom stereocenters. The van der Waals surface area contributed by atoms with Crippen molar-refractivity contribution in [3.8, 4) is 0 Å². The van der Waals surface area contributed by atoms with Crippen LogP contribution in [0.3, 0.4) is 0 Å². The summed E-state index contributed by atoms with van der Waals surface area (Å²) in [5.41, 5.74) is 7.17. The van der Waals surface area contributed by atoms with Gasteiger partial charge in [-0.1, -0.05) is 19.9 Å². The Morgan fingerprint density at radius 2 is 2.06 bits per heavy atom. The molecule has 3 atom stereocenters. The Morgan fingerprint density at radius 1 is 1.41 bits per heavy atom. The van der Waals surface area contributed by atoms with Crippen LogP contribution in [-0.2, 0) is 0 Å². The summed E-state index contributed by atoms with van der Waals surface area (Å²) in [7, 11) is 0. The topological polar surface area (TPSA) is 42.2 Å². The van der Waals surface area contributed by atoms with E-state index in [1.54, 1.807) is 0 Å². The van der Waals surface area contributed by atoms with E-state index in [-0.39, 0.29) is 6.04 Å². The standard InChI is InChI=1S/C13H21N3S/c1-9-7-16(8-10(2)17-9)13-12(11(3)14)5-4-6-15-13/h4-6,9-11H,7-8,14H2,1-3H3/t9?,10?,11-/m0/s1. The van der Waals surface area contributed by atoms with Gasteiger partial charge in [0.2, 0.25) is 0 Å². The van der Waals surface area contributed by atoms with Gasteiger partial charge < -0.3 is 10.6 Å². The molecule has 1 aliphatic rings. The average Bonchev–Trinajstić information content (AvgIpc) is 2.27. The van der Waals surface area contributed by atoms with Gasteiger partial charge in [-0.2, -0.15) is 11.8 Å². The molecule has 17 heavy (non-hydrogen) atoms. The van der Waals surface area contributed by atoms with Crippen molar-refractivity contribution in [2.24, 2.45) is 5.73 Å². The van der Waals surface area contributed by atoms with E-state index in [2.05, 4.69) is 41.6 Å². The third kappa shape index (κ3) is 2.93. The minimum atomic E-state index is 0.0406. The van der Waals surface area contributed by atoms with Crippen LogP contribution in [0.15, 0.2) is 18.3 Å². The molecule has 0 amide bonds. The number of thioether (sulfide) groups is 1. The van der Waals surface area contributed by atoms with Crippen molar-refractivity contribution in [3.63, 3.8) is 0 Å². The molecule has 1 fully saturated rings. The van der Waals surface area contributed by atoms with E-state index < -0.39 is 0 Å². The lowest BCUT2D eigenvalue weighted by atomic mass is 10.1. The number of hydrogen-bond acceptors (Lipinski definition) is 4. The van der Waals surface area contributed by atoms with Gasteiger partial charge in [0.1, 0.15) is 5.82 Å². The third-order valence-electron chi connectivity index (χ3n) is 3.03. The van der Waals surface area contributed by atoms with E-state index in [0.29, 0.717) is 10.5 Å². The second-order valence-electron chi connectivity index (χ2n) is 4.87. The van der Waals surface area contributed by atoms with E-state index >= 15 is 0 Å². The first-order chi connectivity index (χ1) is 8.08. The Morgan fingerprint density at radius 3 is 2.65 bits per heavy atom. The normalized spacial score (nSPS) is 26.9. The molecule has 0 aliphatic carbocycles. The Bertz CT molecular complexity index is 371. The van der Waals surface area contributed by atoms with Gasteiger partial charge >= 0.3 is 0 Å². The Hall–Kier alpha value is -0.740. The van der Waals surface area contributed by atoms with Gasteiger partial charge in [0.05, 0.1) is 0 Å². The average molecular weight is 251 g/mol. The molecule has 2 rings (SSSR count). The highest BCUT2D eigenvalue weighted by Gasteiger charge is 2.25. The molecule has 0 bridgehead atoms. The maximum Gasteiger partial charge on any atom is 0.133 e. The largest absolute Gasteiger partial charge is 0.354 e. The Balaban J connectivity index is 2.27. The van der Waals surface area contributed by atoms with E-state index in [1.807, 2.05) is 19.2 Å². The molecule has 4 heteroatoms. The lowest BCUT2D eigenvalue weighted by Crippen LogP contribution is -2.41. The predicted molar refractivity (Wildman–Crippen MR) is 75.6 cm³/mol. The number of rotatable bonds is 2. The van der Waals surface area contributed by atoms with Crippen LogP contribution in [0.2, 0.25) is 0 Å². The van der Waals surface area contributed by atoms with Gasteiger partial charge in [0.25, 0.3) is 0 Å². The molecule has 2 N–H and O–H groups in total. The van der Waals surface area contributed by atoms with Crippen LogP contribution in [0.5, 0.6) is 0 Å². The molecular weight excluding hydrogens is 230 g/mol. The number of pyridine rings is 1. The molecule has 0 spiro atoms. The van der Waals surface area contributed by atoms with Crippen LogP contribution < -0.4 is 10.6 Å². The lowest BCUT2D eigenvalue weighted by Gasteiger charge is -2.36. The maximum atomic E-state index is 6.02. The van der Waals surface area contributed by atoms with Crippen LogP contribution in [0.25, 0.3) is 0 Å². The quantitative estimate of drug-likeness (QED) is 0.876. The van der Waals surface area contributed by atoms with Crippen LogP contribution >= 0.6 is 11.8 Å². The smallest absolute Gasteiger partial charge is 0.133 e. The Kier molecular flexibility index (Phi) is 3.94. The number of anilines is 1. The summed E-state index contributed by atoms with van der Waals surface area (Å²) in [5.74, 6) is 1.07. The van der Waals surface area contributed by atoms with E-state index in [9.17, 15) is 0 Å². The van der Waals surface area contributed by atoms with E-state index in [1.165, 1.54) is 0 Å². The van der Waals surface area contributed by atoms with Gasteiger partial charge in [-0.15, -0.1) is 0 Å². The first-order valence-electron chi connectivity index (χ1n) is 6.19. The summed E-state index contributed by atoms with van der Waals surface area (Å²) in [5, 5.41) is 1.31. The highest BCUT2D eigenvalue weighted by molar-refractivity contribution is 8.00. The summed E-state index contributed by atoms with van der Waals surface area (Å²) in [6.07, 6.45) is 1.86. The highest BCUT2D eigenvalue weighted by atomic mass is 32.2. The van der Waals surface area contributed by atoms with Gasteiger partial charge in [-0.05, 0) is 13.0 Å². The van der Waals surface area contributed by atoms with Crippen molar-refractivity contribution in [1.82, 2.24) is 4.98 Å². The monoisotopic (exact) mass is 251 g/mol. The van der Waals surface area contributed by atoms with E-state index in [0.717, 1.165) is 24.5 Å². The van der Waals surface area contributed by atoms with Crippen molar-refractivity contribution in [2.45, 2.75) is 37.3 Å². The minimum absolute atomic E-state index is 0.0406. The van der Waals surface area contributed by atoms with Crippen molar-refractivity contribution < 1.29 is 0 Å². The Labute approximate surface area is 108 Å². The van der Waals surface area contributed by atoms with Crippen LogP contribution in [0, 0.1) is 0 Å². The minimum Gasteiger partial charge on any atom is -0.354 e. The molecule has 1 aromatic heterocycles. The second-order valence-corrected chi connectivity index (χ2v) is 6.75. The molecule has 1 saturated heterocycles. The molecule has 2 heterocycles. The van der Waals surface area contributed by atoms with Gasteiger partial charge in [-0.3, -0.25) is 0 Å². The molecule has 1 aliphatic heterocycles. The van der Waals surface area contributed by atoms with Crippen molar-refractivity contribution in [3.05, 3.63) is 23.9 Å². The van der Waals surface area contributed by atoms with Gasteiger partial charge in [0, 0.05) is 41.4 Å². The lowest BCUT2D eigenvalue weighted by molar-refractivity contribution is 0.702. The molecule has 0 radical (unpaired) electrons. The summed E-state index contributed by atoms with van der Waals surface area (Å²) in [6.45, 7) is 8.70. The number of nitrogens with two attached hydrogens (primary N) is 1. The molecule has 0 saturated carbocycles.